The fourth-order valence-corrected chi connectivity index (χ4v) is 2.87. The first-order chi connectivity index (χ1) is 8.50. The van der Waals surface area contributed by atoms with Gasteiger partial charge < -0.3 is 10.6 Å². The maximum Gasteiger partial charge on any atom is 0.0518 e. The van der Waals surface area contributed by atoms with Crippen LogP contribution in [-0.4, -0.2) is 19.1 Å². The minimum absolute atomic E-state index is 0.0920. The summed E-state index contributed by atoms with van der Waals surface area (Å²) < 4.78 is 0. The van der Waals surface area contributed by atoms with Crippen LogP contribution < -0.4 is 10.6 Å². The molecule has 0 aliphatic carbocycles. The monoisotopic (exact) mass is 248 g/mol. The van der Waals surface area contributed by atoms with Gasteiger partial charge in [0.05, 0.1) is 5.54 Å². The number of likely N-dealkylation sites (N-methyl/N-ethyl adjacent to an activating group) is 1. The van der Waals surface area contributed by atoms with Gasteiger partial charge in [-0.3, -0.25) is 0 Å². The third kappa shape index (κ3) is 2.86. The Balaban J connectivity index is 3.12. The summed E-state index contributed by atoms with van der Waals surface area (Å²) >= 11 is 0. The van der Waals surface area contributed by atoms with Gasteiger partial charge in [0.25, 0.3) is 0 Å². The van der Waals surface area contributed by atoms with Crippen LogP contribution in [0.25, 0.3) is 0 Å². The molecular formula is C16H28N2. The lowest BCUT2D eigenvalue weighted by Crippen LogP contribution is -2.52. The van der Waals surface area contributed by atoms with Crippen molar-refractivity contribution < 1.29 is 0 Å². The second-order valence-electron chi connectivity index (χ2n) is 5.38. The van der Waals surface area contributed by atoms with E-state index in [1.54, 1.807) is 0 Å². The van der Waals surface area contributed by atoms with Crippen LogP contribution in [0.15, 0.2) is 18.2 Å². The summed E-state index contributed by atoms with van der Waals surface area (Å²) in [4.78, 5) is 2.39. The lowest BCUT2D eigenvalue weighted by Gasteiger charge is -2.43. The Hall–Kier alpha value is -1.02. The topological polar surface area (TPSA) is 29.3 Å². The third-order valence-corrected chi connectivity index (χ3v) is 4.18. The molecular weight excluding hydrogens is 220 g/mol. The number of hydrogen-bond donors (Lipinski definition) is 1. The van der Waals surface area contributed by atoms with Crippen molar-refractivity contribution in [2.75, 3.05) is 18.5 Å². The molecule has 2 N–H and O–H groups in total. The van der Waals surface area contributed by atoms with Gasteiger partial charge in [-0.05, 0) is 38.3 Å². The Bertz CT molecular complexity index is 381. The molecule has 0 aliphatic heterocycles. The van der Waals surface area contributed by atoms with Gasteiger partial charge in [-0.2, -0.15) is 0 Å². The lowest BCUT2D eigenvalue weighted by molar-refractivity contribution is 0.366. The van der Waals surface area contributed by atoms with Crippen LogP contribution in [0.5, 0.6) is 0 Å². The van der Waals surface area contributed by atoms with E-state index in [4.69, 9.17) is 5.73 Å². The van der Waals surface area contributed by atoms with Crippen LogP contribution in [0, 0.1) is 13.8 Å². The minimum Gasteiger partial charge on any atom is -0.367 e. The number of aryl methyl sites for hydroxylation is 2. The highest BCUT2D eigenvalue weighted by Crippen LogP contribution is 2.31. The average Bonchev–Trinajstić information content (AvgIpc) is 2.35. The first-order valence-electron chi connectivity index (χ1n) is 7.02. The predicted octanol–water partition coefficient (Wildman–Crippen LogP) is 3.65. The average molecular weight is 248 g/mol. The smallest absolute Gasteiger partial charge is 0.0518 e. The molecule has 0 aromatic heterocycles. The largest absolute Gasteiger partial charge is 0.367 e. The Labute approximate surface area is 112 Å². The zero-order valence-corrected chi connectivity index (χ0v) is 12.6. The van der Waals surface area contributed by atoms with Crippen LogP contribution in [0.2, 0.25) is 0 Å². The fourth-order valence-electron chi connectivity index (χ4n) is 2.87. The quantitative estimate of drug-likeness (QED) is 0.832. The molecule has 0 aliphatic rings. The molecule has 102 valence electrons. The van der Waals surface area contributed by atoms with Crippen LogP contribution in [0.3, 0.4) is 0 Å². The van der Waals surface area contributed by atoms with Crippen molar-refractivity contribution >= 4 is 5.69 Å². The molecule has 0 bridgehead atoms. The van der Waals surface area contributed by atoms with E-state index in [1.165, 1.54) is 23.2 Å². The molecule has 0 heterocycles. The summed E-state index contributed by atoms with van der Waals surface area (Å²) in [5.74, 6) is 0. The fraction of sp³-hybridized carbons (Fsp3) is 0.625. The van der Waals surface area contributed by atoms with E-state index >= 15 is 0 Å². The molecule has 0 amide bonds. The summed E-state index contributed by atoms with van der Waals surface area (Å²) in [6.45, 7) is 9.50. The summed E-state index contributed by atoms with van der Waals surface area (Å²) in [6.07, 6.45) is 3.39. The van der Waals surface area contributed by atoms with Crippen LogP contribution in [0.1, 0.15) is 44.2 Å². The maximum absolute atomic E-state index is 6.08. The highest BCUT2D eigenvalue weighted by atomic mass is 15.2. The van der Waals surface area contributed by atoms with E-state index in [9.17, 15) is 0 Å². The van der Waals surface area contributed by atoms with E-state index in [0.717, 1.165) is 12.8 Å². The molecule has 1 aromatic rings. The van der Waals surface area contributed by atoms with E-state index < -0.39 is 0 Å². The van der Waals surface area contributed by atoms with E-state index in [-0.39, 0.29) is 5.54 Å². The van der Waals surface area contributed by atoms with Crippen molar-refractivity contribution in [1.82, 2.24) is 0 Å². The molecule has 1 unspecified atom stereocenters. The van der Waals surface area contributed by atoms with E-state index in [0.29, 0.717) is 6.54 Å². The zero-order valence-electron chi connectivity index (χ0n) is 12.6. The molecule has 18 heavy (non-hydrogen) atoms. The number of hydrogen-bond acceptors (Lipinski definition) is 2. The predicted molar refractivity (Wildman–Crippen MR) is 81.3 cm³/mol. The maximum atomic E-state index is 6.08. The highest BCUT2D eigenvalue weighted by Gasteiger charge is 2.31. The van der Waals surface area contributed by atoms with E-state index in [1.807, 2.05) is 0 Å². The minimum atomic E-state index is 0.0920. The van der Waals surface area contributed by atoms with Crippen molar-refractivity contribution in [2.24, 2.45) is 5.73 Å². The van der Waals surface area contributed by atoms with Crippen molar-refractivity contribution in [2.45, 2.75) is 52.5 Å². The lowest BCUT2D eigenvalue weighted by atomic mass is 9.88. The molecule has 2 nitrogen and oxygen atoms in total. The Morgan fingerprint density at radius 1 is 1.22 bits per heavy atom. The SMILES string of the molecule is CCCC(CC)(CN)N(C)c1ccc(C)cc1C. The number of anilines is 1. The second-order valence-corrected chi connectivity index (χ2v) is 5.38. The molecule has 1 aromatic carbocycles. The third-order valence-electron chi connectivity index (χ3n) is 4.18. The summed E-state index contributed by atoms with van der Waals surface area (Å²) in [7, 11) is 2.18. The van der Waals surface area contributed by atoms with Gasteiger partial charge in [0, 0.05) is 19.3 Å². The normalized spacial score (nSPS) is 14.3. The molecule has 1 rings (SSSR count). The van der Waals surface area contributed by atoms with E-state index in [2.05, 4.69) is 57.8 Å². The second kappa shape index (κ2) is 6.24. The molecule has 1 atom stereocenters. The Kier molecular flexibility index (Phi) is 5.21. The van der Waals surface area contributed by atoms with Crippen molar-refractivity contribution in [1.29, 1.82) is 0 Å². The van der Waals surface area contributed by atoms with Gasteiger partial charge in [0.1, 0.15) is 0 Å². The van der Waals surface area contributed by atoms with Gasteiger partial charge in [0.2, 0.25) is 0 Å². The Morgan fingerprint density at radius 2 is 1.89 bits per heavy atom. The molecule has 0 radical (unpaired) electrons. The number of nitrogens with zero attached hydrogens (tertiary/aromatic N) is 1. The zero-order chi connectivity index (χ0) is 13.8. The number of rotatable bonds is 6. The molecule has 0 saturated heterocycles. The van der Waals surface area contributed by atoms with Gasteiger partial charge in [-0.25, -0.2) is 0 Å². The van der Waals surface area contributed by atoms with Crippen LogP contribution >= 0.6 is 0 Å². The molecule has 0 saturated carbocycles. The number of nitrogens with two attached hydrogens (primary N) is 1. The van der Waals surface area contributed by atoms with Crippen LogP contribution in [0.4, 0.5) is 5.69 Å². The van der Waals surface area contributed by atoms with Crippen molar-refractivity contribution in [3.63, 3.8) is 0 Å². The van der Waals surface area contributed by atoms with Gasteiger partial charge >= 0.3 is 0 Å². The van der Waals surface area contributed by atoms with Gasteiger partial charge in [0.15, 0.2) is 0 Å². The van der Waals surface area contributed by atoms with Crippen LogP contribution in [-0.2, 0) is 0 Å². The molecule has 0 fully saturated rings. The standard InChI is InChI=1S/C16H28N2/c1-6-10-16(7-2,12-17)18(5)15-9-8-13(3)11-14(15)4/h8-9,11H,6-7,10,12,17H2,1-5H3. The number of benzene rings is 1. The first kappa shape index (κ1) is 15.0. The Morgan fingerprint density at radius 3 is 2.33 bits per heavy atom. The summed E-state index contributed by atoms with van der Waals surface area (Å²) in [6, 6.07) is 6.65. The van der Waals surface area contributed by atoms with Gasteiger partial charge in [-0.15, -0.1) is 0 Å². The summed E-state index contributed by atoms with van der Waals surface area (Å²) in [5.41, 5.74) is 10.1. The summed E-state index contributed by atoms with van der Waals surface area (Å²) in [5, 5.41) is 0. The van der Waals surface area contributed by atoms with Crippen molar-refractivity contribution in [3.05, 3.63) is 29.3 Å². The highest BCUT2D eigenvalue weighted by molar-refractivity contribution is 5.56. The van der Waals surface area contributed by atoms with Gasteiger partial charge in [-0.1, -0.05) is 38.0 Å². The first-order valence-corrected chi connectivity index (χ1v) is 7.02. The molecule has 2 heteroatoms. The van der Waals surface area contributed by atoms with Crippen molar-refractivity contribution in [3.8, 4) is 0 Å². The molecule has 0 spiro atoms.